The zero-order valence-electron chi connectivity index (χ0n) is 31.3. The Bertz CT molecular complexity index is 840. The fraction of sp³-hybridized carbons (Fsp3) is 0.818. The van der Waals surface area contributed by atoms with E-state index in [1.807, 2.05) is 18.2 Å². The van der Waals surface area contributed by atoms with Gasteiger partial charge < -0.3 is 24.8 Å². The van der Waals surface area contributed by atoms with Gasteiger partial charge in [-0.15, -0.1) is 0 Å². The van der Waals surface area contributed by atoms with Crippen molar-refractivity contribution >= 4 is 24.3 Å². The van der Waals surface area contributed by atoms with Crippen molar-refractivity contribution in [2.75, 3.05) is 0 Å². The molecule has 0 aliphatic heterocycles. The first-order valence-electron chi connectivity index (χ1n) is 21.1. The first-order chi connectivity index (χ1) is 23.3. The molecule has 0 unspecified atom stereocenters. The van der Waals surface area contributed by atoms with Crippen LogP contribution in [0.25, 0.3) is 0 Å². The summed E-state index contributed by atoms with van der Waals surface area (Å²) >= 11 is 0.129. The minimum absolute atomic E-state index is 0. The predicted octanol–water partition coefficient (Wildman–Crippen LogP) is 7.92. The molecule has 7 rings (SSSR count). The average molecular weight is 836 g/mol. The van der Waals surface area contributed by atoms with Crippen molar-refractivity contribution in [3.05, 3.63) is 36.9 Å². The summed E-state index contributed by atoms with van der Waals surface area (Å²) in [6.07, 6.45) is 47.2. The van der Waals surface area contributed by atoms with Crippen LogP contribution in [-0.2, 0) is 16.7 Å². The number of hydrogen-bond acceptors (Lipinski definition) is 0. The van der Waals surface area contributed by atoms with Crippen LogP contribution in [0.4, 0.5) is 0 Å². The van der Waals surface area contributed by atoms with E-state index >= 15 is 0 Å². The first-order valence-corrected chi connectivity index (χ1v) is 25.9. The molecule has 6 aliphatic carbocycles. The molecule has 0 atom stereocenters. The van der Waals surface area contributed by atoms with Gasteiger partial charge in [0.15, 0.2) is 0 Å². The maximum atomic E-state index is 3.57. The molecule has 0 spiro atoms. The van der Waals surface area contributed by atoms with Gasteiger partial charge in [0, 0.05) is 0 Å². The van der Waals surface area contributed by atoms with Crippen LogP contribution in [0.5, 0.6) is 0 Å². The van der Waals surface area contributed by atoms with Crippen LogP contribution in [0, 0.1) is 0 Å². The molecule has 6 saturated carbocycles. The van der Waals surface area contributed by atoms with Gasteiger partial charge in [0.1, 0.15) is 0 Å². The van der Waals surface area contributed by atoms with E-state index in [0.29, 0.717) is 15.8 Å². The fourth-order valence-corrected chi connectivity index (χ4v) is 20.9. The van der Waals surface area contributed by atoms with E-state index < -0.39 is 0 Å². The van der Waals surface area contributed by atoms with Gasteiger partial charge in [0.25, 0.3) is 0 Å². The van der Waals surface area contributed by atoms with Crippen LogP contribution >= 0.6 is 15.8 Å². The van der Waals surface area contributed by atoms with Crippen LogP contribution in [0.1, 0.15) is 193 Å². The second kappa shape index (κ2) is 26.7. The Balaban J connectivity index is 0.000000207. The number of rotatable bonds is 7. The van der Waals surface area contributed by atoms with E-state index in [0.717, 1.165) is 0 Å². The molecule has 0 radical (unpaired) electrons. The Morgan fingerprint density at radius 1 is 0.388 bits per heavy atom. The summed E-state index contributed by atoms with van der Waals surface area (Å²) in [4.78, 5) is 0. The summed E-state index contributed by atoms with van der Waals surface area (Å²) in [5, 5.41) is 0. The van der Waals surface area contributed by atoms with Crippen molar-refractivity contribution in [2.24, 2.45) is 0 Å². The molecule has 49 heavy (non-hydrogen) atoms. The van der Waals surface area contributed by atoms with E-state index in [4.69, 9.17) is 0 Å². The second-order valence-electron chi connectivity index (χ2n) is 16.1. The van der Waals surface area contributed by atoms with Crippen LogP contribution in [0.2, 0.25) is 0 Å². The van der Waals surface area contributed by atoms with Gasteiger partial charge in [-0.05, 0) is 111 Å². The van der Waals surface area contributed by atoms with Gasteiger partial charge in [-0.1, -0.05) is 131 Å². The fourth-order valence-electron chi connectivity index (χ4n) is 10.6. The Morgan fingerprint density at radius 2 is 0.612 bits per heavy atom. The van der Waals surface area contributed by atoms with Gasteiger partial charge in [0.05, 0.1) is 0 Å². The van der Waals surface area contributed by atoms with E-state index in [1.165, 1.54) is 76.6 Å². The molecule has 0 heterocycles. The molecule has 1 aromatic rings. The normalized spacial score (nSPS) is 23.9. The summed E-state index contributed by atoms with van der Waals surface area (Å²) in [6.45, 7) is 3.57. The molecule has 0 aromatic heterocycles. The monoisotopic (exact) mass is 835 g/mol. The molecule has 0 nitrogen and oxygen atoms in total. The van der Waals surface area contributed by atoms with Crippen molar-refractivity contribution in [1.29, 1.82) is 0 Å². The summed E-state index contributed by atoms with van der Waals surface area (Å²) < 4.78 is 4.28. The van der Waals surface area contributed by atoms with Crippen LogP contribution in [-0.4, -0.2) is 38.2 Å². The molecular weight excluding hydrogens is 762 g/mol. The Kier molecular flexibility index (Phi) is 24.1. The first kappa shape index (κ1) is 44.3. The number of hydrogen-bond donors (Lipinski definition) is 0. The van der Waals surface area contributed by atoms with Gasteiger partial charge in [-0.3, -0.25) is 0 Å². The maximum Gasteiger partial charge on any atom is -1.00 e. The molecule has 1 aromatic carbocycles. The topological polar surface area (TPSA) is 0 Å². The van der Waals surface area contributed by atoms with Crippen molar-refractivity contribution in [3.63, 3.8) is 0 Å². The zero-order chi connectivity index (χ0) is 32.4. The molecule has 0 N–H and O–H groups in total. The number of halogens is 2. The third-order valence-corrected chi connectivity index (χ3v) is 22.4. The van der Waals surface area contributed by atoms with Gasteiger partial charge in [0.2, 0.25) is 0 Å². The van der Waals surface area contributed by atoms with Crippen LogP contribution < -0.4 is 29.0 Å². The van der Waals surface area contributed by atoms with Crippen molar-refractivity contribution in [2.45, 2.75) is 227 Å². The Labute approximate surface area is 327 Å². The third kappa shape index (κ3) is 15.3. The van der Waals surface area contributed by atoms with Gasteiger partial charge in [-0.2, -0.15) is 0 Å². The quantitative estimate of drug-likeness (QED) is 0.194. The average Bonchev–Trinajstić information content (AvgIpc) is 3.16. The Hall–Kier alpha value is 0.933. The van der Waals surface area contributed by atoms with Crippen molar-refractivity contribution in [3.8, 4) is 0 Å². The van der Waals surface area contributed by atoms with Crippen LogP contribution in [0.15, 0.2) is 36.9 Å². The molecule has 6 fully saturated rings. The molecule has 6 aliphatic rings. The molecule has 0 saturated heterocycles. The summed E-state index contributed by atoms with van der Waals surface area (Å²) in [5.74, 6) is 0. The smallest absolute Gasteiger partial charge is 1.00 e. The second-order valence-corrected chi connectivity index (χ2v) is 24.4. The minimum Gasteiger partial charge on any atom is -1.00 e. The molecule has 5 heteroatoms. The van der Waals surface area contributed by atoms with Crippen molar-refractivity contribution in [1.82, 2.24) is 0 Å². The van der Waals surface area contributed by atoms with E-state index in [9.17, 15) is 0 Å². The SMILES string of the molecule is C1CCC(P(C2CCCCC2)C2CCCCC2)CC1.C1CCC(P(C2CCCCC2)C2CCCCC2)CC1.C=[C]=[Ru+2][c]1ccccc1.[Cl-].[Cl-]. The Morgan fingerprint density at radius 3 is 0.816 bits per heavy atom. The molecular formula is C44H73Cl2P2Ru. The van der Waals surface area contributed by atoms with E-state index in [-0.39, 0.29) is 41.5 Å². The number of benzene rings is 1. The molecule has 281 valence electrons. The van der Waals surface area contributed by atoms with E-state index in [1.54, 1.807) is 154 Å². The van der Waals surface area contributed by atoms with Crippen LogP contribution in [0.3, 0.4) is 0 Å². The standard InChI is InChI=1S/2C18H33P.C6H5.C2H2.2ClH.Ru/c2*1-4-10-16(11-5-1)19(17-12-6-2-7-13-17)18-14-8-3-9-15-18;1-2-4-6-5-3-1;1-2;;;/h2*16-18H,1-15H2;1-5H;1H2;2*1H;/q;;;;;;+2/p-2. The summed E-state index contributed by atoms with van der Waals surface area (Å²) in [7, 11) is 0.770. The summed E-state index contributed by atoms with van der Waals surface area (Å²) in [5.41, 5.74) is 7.14. The van der Waals surface area contributed by atoms with Gasteiger partial charge in [-0.25, -0.2) is 0 Å². The third-order valence-electron chi connectivity index (χ3n) is 12.9. The molecule has 0 bridgehead atoms. The van der Waals surface area contributed by atoms with E-state index in [2.05, 4.69) is 23.0 Å². The van der Waals surface area contributed by atoms with Crippen molar-refractivity contribution < 1.29 is 41.5 Å². The summed E-state index contributed by atoms with van der Waals surface area (Å²) in [6, 6.07) is 10.3. The van der Waals surface area contributed by atoms with Gasteiger partial charge >= 0.3 is 62.0 Å². The maximum absolute atomic E-state index is 3.57. The minimum atomic E-state index is 0. The zero-order valence-corrected chi connectivity index (χ0v) is 36.3. The molecule has 0 amide bonds. The largest absolute Gasteiger partial charge is 1.00 e. The predicted molar refractivity (Wildman–Crippen MR) is 212 cm³/mol.